The maximum absolute atomic E-state index is 12.1. The van der Waals surface area contributed by atoms with Crippen molar-refractivity contribution in [1.82, 2.24) is 5.32 Å². The smallest absolute Gasteiger partial charge is 0.251 e. The summed E-state index contributed by atoms with van der Waals surface area (Å²) < 4.78 is 0. The van der Waals surface area contributed by atoms with Crippen molar-refractivity contribution < 1.29 is 4.79 Å². The van der Waals surface area contributed by atoms with E-state index in [4.69, 9.17) is 11.6 Å². The molecule has 1 N–H and O–H groups in total. The van der Waals surface area contributed by atoms with Gasteiger partial charge in [0.25, 0.3) is 5.91 Å². The number of hydrogen-bond donors (Lipinski definition) is 1. The van der Waals surface area contributed by atoms with E-state index in [1.807, 2.05) is 41.9 Å². The van der Waals surface area contributed by atoms with E-state index in [-0.39, 0.29) is 11.9 Å². The van der Waals surface area contributed by atoms with Gasteiger partial charge >= 0.3 is 0 Å². The molecule has 1 atom stereocenters. The molecule has 0 radical (unpaired) electrons. The predicted molar refractivity (Wildman–Crippen MR) is 76.2 cm³/mol. The summed E-state index contributed by atoms with van der Waals surface area (Å²) in [5, 5.41) is 7.02. The van der Waals surface area contributed by atoms with Crippen LogP contribution in [0.1, 0.15) is 34.5 Å². The van der Waals surface area contributed by atoms with Crippen molar-refractivity contribution in [3.63, 3.8) is 0 Å². The zero-order valence-electron chi connectivity index (χ0n) is 10.0. The molecule has 2 aromatic rings. The molecule has 18 heavy (non-hydrogen) atoms. The van der Waals surface area contributed by atoms with Crippen LogP contribution in [-0.2, 0) is 5.88 Å². The fourth-order valence-electron chi connectivity index (χ4n) is 1.68. The van der Waals surface area contributed by atoms with Gasteiger partial charge in [0.1, 0.15) is 0 Å². The Balaban J connectivity index is 2.07. The highest BCUT2D eigenvalue weighted by molar-refractivity contribution is 7.07. The van der Waals surface area contributed by atoms with Gasteiger partial charge in [-0.05, 0) is 47.0 Å². The van der Waals surface area contributed by atoms with Crippen LogP contribution in [0, 0.1) is 0 Å². The van der Waals surface area contributed by atoms with E-state index in [0.717, 1.165) is 11.1 Å². The first-order valence-corrected chi connectivity index (χ1v) is 7.16. The van der Waals surface area contributed by atoms with Crippen LogP contribution < -0.4 is 5.32 Å². The van der Waals surface area contributed by atoms with Gasteiger partial charge in [0.05, 0.1) is 6.04 Å². The third kappa shape index (κ3) is 3.12. The molecule has 1 aromatic carbocycles. The number of carbonyl (C=O) groups excluding carboxylic acids is 1. The first-order chi connectivity index (χ1) is 8.70. The predicted octanol–water partition coefficient (Wildman–Crippen LogP) is 3.98. The zero-order valence-corrected chi connectivity index (χ0v) is 11.6. The number of benzene rings is 1. The second-order valence-electron chi connectivity index (χ2n) is 4.09. The lowest BCUT2D eigenvalue weighted by Crippen LogP contribution is -2.26. The van der Waals surface area contributed by atoms with Gasteiger partial charge in [-0.3, -0.25) is 4.79 Å². The quantitative estimate of drug-likeness (QED) is 0.843. The first kappa shape index (κ1) is 13.1. The molecule has 0 aliphatic carbocycles. The number of carbonyl (C=O) groups is 1. The first-order valence-electron chi connectivity index (χ1n) is 5.68. The molecule has 1 amide bonds. The van der Waals surface area contributed by atoms with Gasteiger partial charge in [-0.1, -0.05) is 12.1 Å². The molecule has 0 saturated heterocycles. The Hall–Kier alpha value is -1.32. The Kier molecular flexibility index (Phi) is 4.39. The van der Waals surface area contributed by atoms with E-state index < -0.39 is 0 Å². The standard InChI is InChI=1S/C14H14ClNOS/c1-10(13-5-6-18-9-13)16-14(17)12-4-2-3-11(7-12)8-15/h2-7,9-10H,8H2,1H3,(H,16,17). The number of halogens is 1. The highest BCUT2D eigenvalue weighted by Crippen LogP contribution is 2.16. The fraction of sp³-hybridized carbons (Fsp3) is 0.214. The molecule has 0 fully saturated rings. The van der Waals surface area contributed by atoms with Crippen LogP contribution in [0.15, 0.2) is 41.1 Å². The van der Waals surface area contributed by atoms with Crippen molar-refractivity contribution in [2.24, 2.45) is 0 Å². The summed E-state index contributed by atoms with van der Waals surface area (Å²) >= 11 is 7.39. The number of amides is 1. The van der Waals surface area contributed by atoms with E-state index in [9.17, 15) is 4.79 Å². The molecule has 0 saturated carbocycles. The number of hydrogen-bond acceptors (Lipinski definition) is 2. The normalized spacial score (nSPS) is 12.1. The Labute approximate surface area is 116 Å². The fourth-order valence-corrected chi connectivity index (χ4v) is 2.60. The van der Waals surface area contributed by atoms with E-state index in [2.05, 4.69) is 5.32 Å². The maximum atomic E-state index is 12.1. The van der Waals surface area contributed by atoms with Gasteiger partial charge in [0.2, 0.25) is 0 Å². The number of thiophene rings is 1. The summed E-state index contributed by atoms with van der Waals surface area (Å²) in [5.74, 6) is 0.349. The third-order valence-corrected chi connectivity index (χ3v) is 3.74. The summed E-state index contributed by atoms with van der Waals surface area (Å²) in [6.07, 6.45) is 0. The van der Waals surface area contributed by atoms with Crippen molar-refractivity contribution in [1.29, 1.82) is 0 Å². The molecule has 0 aliphatic rings. The minimum absolute atomic E-state index is 0.0170. The van der Waals surface area contributed by atoms with Crippen molar-refractivity contribution in [3.05, 3.63) is 57.8 Å². The average Bonchev–Trinajstić information content (AvgIpc) is 2.92. The van der Waals surface area contributed by atoms with Gasteiger partial charge in [0.15, 0.2) is 0 Å². The van der Waals surface area contributed by atoms with Crippen LogP contribution in [0.3, 0.4) is 0 Å². The highest BCUT2D eigenvalue weighted by Gasteiger charge is 2.11. The van der Waals surface area contributed by atoms with Gasteiger partial charge in [-0.15, -0.1) is 11.6 Å². The van der Waals surface area contributed by atoms with Crippen LogP contribution in [0.5, 0.6) is 0 Å². The van der Waals surface area contributed by atoms with E-state index in [1.165, 1.54) is 0 Å². The average molecular weight is 280 g/mol. The topological polar surface area (TPSA) is 29.1 Å². The van der Waals surface area contributed by atoms with E-state index in [0.29, 0.717) is 11.4 Å². The molecule has 94 valence electrons. The summed E-state index contributed by atoms with van der Waals surface area (Å²) in [7, 11) is 0. The lowest BCUT2D eigenvalue weighted by Gasteiger charge is -2.12. The summed E-state index contributed by atoms with van der Waals surface area (Å²) in [6, 6.07) is 9.41. The molecule has 0 aliphatic heterocycles. The molecule has 1 unspecified atom stereocenters. The second kappa shape index (κ2) is 6.03. The van der Waals surface area contributed by atoms with Crippen LogP contribution >= 0.6 is 22.9 Å². The maximum Gasteiger partial charge on any atom is 0.251 e. The molecule has 4 heteroatoms. The van der Waals surface area contributed by atoms with Crippen molar-refractivity contribution in [2.45, 2.75) is 18.8 Å². The molecule has 2 rings (SSSR count). The monoisotopic (exact) mass is 279 g/mol. The van der Waals surface area contributed by atoms with Gasteiger partial charge in [-0.2, -0.15) is 11.3 Å². The van der Waals surface area contributed by atoms with E-state index in [1.54, 1.807) is 17.4 Å². The van der Waals surface area contributed by atoms with Gasteiger partial charge in [0, 0.05) is 11.4 Å². The lowest BCUT2D eigenvalue weighted by molar-refractivity contribution is 0.0940. The lowest BCUT2D eigenvalue weighted by atomic mass is 10.1. The van der Waals surface area contributed by atoms with Gasteiger partial charge in [-0.25, -0.2) is 0 Å². The molecule has 0 bridgehead atoms. The Morgan fingerprint density at radius 1 is 1.44 bits per heavy atom. The van der Waals surface area contributed by atoms with Crippen molar-refractivity contribution >= 4 is 28.8 Å². The minimum Gasteiger partial charge on any atom is -0.345 e. The molecule has 2 nitrogen and oxygen atoms in total. The minimum atomic E-state index is -0.0688. The van der Waals surface area contributed by atoms with Gasteiger partial charge < -0.3 is 5.32 Å². The summed E-state index contributed by atoms with van der Waals surface area (Å²) in [4.78, 5) is 12.1. The Bertz CT molecular complexity index is 524. The number of nitrogens with one attached hydrogen (secondary N) is 1. The third-order valence-electron chi connectivity index (χ3n) is 2.73. The molecule has 0 spiro atoms. The SMILES string of the molecule is CC(NC(=O)c1cccc(CCl)c1)c1ccsc1. The molecular formula is C14H14ClNOS. The molecular weight excluding hydrogens is 266 g/mol. The van der Waals surface area contributed by atoms with Crippen LogP contribution in [-0.4, -0.2) is 5.91 Å². The summed E-state index contributed by atoms with van der Waals surface area (Å²) in [5.41, 5.74) is 2.73. The largest absolute Gasteiger partial charge is 0.345 e. The zero-order chi connectivity index (χ0) is 13.0. The van der Waals surface area contributed by atoms with Crippen LogP contribution in [0.25, 0.3) is 0 Å². The Morgan fingerprint density at radius 3 is 2.94 bits per heavy atom. The van der Waals surface area contributed by atoms with Crippen LogP contribution in [0.2, 0.25) is 0 Å². The number of alkyl halides is 1. The van der Waals surface area contributed by atoms with Crippen molar-refractivity contribution in [2.75, 3.05) is 0 Å². The molecule has 1 heterocycles. The van der Waals surface area contributed by atoms with E-state index >= 15 is 0 Å². The highest BCUT2D eigenvalue weighted by atomic mass is 35.5. The molecule has 1 aromatic heterocycles. The van der Waals surface area contributed by atoms with Crippen molar-refractivity contribution in [3.8, 4) is 0 Å². The van der Waals surface area contributed by atoms with Crippen LogP contribution in [0.4, 0.5) is 0 Å². The number of rotatable bonds is 4. The second-order valence-corrected chi connectivity index (χ2v) is 5.13. The summed E-state index contributed by atoms with van der Waals surface area (Å²) in [6.45, 7) is 1.98. The Morgan fingerprint density at radius 2 is 2.28 bits per heavy atom.